The van der Waals surface area contributed by atoms with Crippen molar-refractivity contribution in [2.75, 3.05) is 6.54 Å². The molecule has 1 aromatic carbocycles. The predicted octanol–water partition coefficient (Wildman–Crippen LogP) is 2.45. The van der Waals surface area contributed by atoms with Crippen molar-refractivity contribution >= 4 is 5.91 Å². The average molecular weight is 383 g/mol. The fourth-order valence-corrected chi connectivity index (χ4v) is 3.63. The highest BCUT2D eigenvalue weighted by atomic mass is 16.3. The second kappa shape index (κ2) is 10.7. The molecule has 0 unspecified atom stereocenters. The number of nitrogens with zero attached hydrogens (tertiary/aromatic N) is 4. The quantitative estimate of drug-likeness (QED) is 0.459. The third-order valence-electron chi connectivity index (χ3n) is 5.16. The number of aliphatic hydroxyl groups is 1. The second-order valence-electron chi connectivity index (χ2n) is 7.33. The lowest BCUT2D eigenvalue weighted by atomic mass is 10.1. The predicted molar refractivity (Wildman–Crippen MR) is 106 cm³/mol. The number of aryl methyl sites for hydroxylation is 1. The van der Waals surface area contributed by atoms with Crippen LogP contribution in [-0.4, -0.2) is 55.2 Å². The number of hydrogen-bond donors (Lipinski definition) is 2. The van der Waals surface area contributed by atoms with Crippen LogP contribution in [0.4, 0.5) is 0 Å². The summed E-state index contributed by atoms with van der Waals surface area (Å²) in [4.78, 5) is 14.2. The number of rotatable bonds is 11. The van der Waals surface area contributed by atoms with E-state index in [1.807, 2.05) is 47.4 Å². The number of tetrazole rings is 1. The molecular formula is C21H29N5O2. The van der Waals surface area contributed by atoms with E-state index in [2.05, 4.69) is 20.6 Å². The van der Waals surface area contributed by atoms with Crippen LogP contribution in [0.3, 0.4) is 0 Å². The number of unbranched alkanes of at least 4 members (excludes halogenated alkanes) is 3. The monoisotopic (exact) mass is 383 g/mol. The molecule has 1 aliphatic rings. The minimum atomic E-state index is -0.523. The van der Waals surface area contributed by atoms with Crippen molar-refractivity contribution in [1.29, 1.82) is 0 Å². The minimum Gasteiger partial charge on any atom is -0.389 e. The number of H-pyrrole nitrogens is 1. The SMILES string of the molecule is O=C1CC[C@H](C=C[C@H](O)Cc2ccccc2)N1CCCCCCc1nn[nH]n1. The fraction of sp³-hybridized carbons (Fsp3) is 0.524. The van der Waals surface area contributed by atoms with Crippen LogP contribution >= 0.6 is 0 Å². The molecule has 1 aliphatic heterocycles. The van der Waals surface area contributed by atoms with Crippen LogP contribution in [0.2, 0.25) is 0 Å². The van der Waals surface area contributed by atoms with Crippen LogP contribution < -0.4 is 0 Å². The van der Waals surface area contributed by atoms with Crippen LogP contribution in [-0.2, 0) is 17.6 Å². The topological polar surface area (TPSA) is 95.0 Å². The van der Waals surface area contributed by atoms with Crippen LogP contribution in [0.25, 0.3) is 0 Å². The Morgan fingerprint density at radius 3 is 2.82 bits per heavy atom. The summed E-state index contributed by atoms with van der Waals surface area (Å²) in [5, 5.41) is 24.2. The van der Waals surface area contributed by atoms with E-state index < -0.39 is 6.10 Å². The van der Waals surface area contributed by atoms with Gasteiger partial charge in [0.25, 0.3) is 0 Å². The Morgan fingerprint density at radius 1 is 1.21 bits per heavy atom. The van der Waals surface area contributed by atoms with E-state index in [1.165, 1.54) is 0 Å². The molecule has 1 aromatic heterocycles. The number of aromatic nitrogens is 4. The molecule has 2 N–H and O–H groups in total. The molecule has 0 saturated carbocycles. The minimum absolute atomic E-state index is 0.109. The molecule has 2 atom stereocenters. The molecule has 0 bridgehead atoms. The summed E-state index contributed by atoms with van der Waals surface area (Å²) >= 11 is 0. The van der Waals surface area contributed by atoms with E-state index >= 15 is 0 Å². The standard InChI is InChI=1S/C21H29N5O2/c27-19(16-17-8-4-3-5-9-17)13-11-18-12-14-21(28)26(18)15-7-2-1-6-10-20-22-24-25-23-20/h3-5,8-9,11,13,18-19,27H,1-2,6-7,10,12,14-16H2,(H,22,23,24,25)/t18-,19-/m0/s1. The van der Waals surface area contributed by atoms with Gasteiger partial charge in [0, 0.05) is 25.8 Å². The van der Waals surface area contributed by atoms with Crippen molar-refractivity contribution in [3.63, 3.8) is 0 Å². The number of amides is 1. The maximum atomic E-state index is 12.2. The Bertz CT molecular complexity index is 733. The molecule has 0 radical (unpaired) electrons. The number of nitrogens with one attached hydrogen (secondary N) is 1. The van der Waals surface area contributed by atoms with E-state index in [9.17, 15) is 9.90 Å². The van der Waals surface area contributed by atoms with Gasteiger partial charge in [-0.2, -0.15) is 5.21 Å². The highest BCUT2D eigenvalue weighted by Gasteiger charge is 2.28. The van der Waals surface area contributed by atoms with Gasteiger partial charge in [-0.3, -0.25) is 4.79 Å². The Kier molecular flexibility index (Phi) is 7.72. The summed E-state index contributed by atoms with van der Waals surface area (Å²) < 4.78 is 0. The first-order chi connectivity index (χ1) is 13.7. The second-order valence-corrected chi connectivity index (χ2v) is 7.33. The number of carbonyl (C=O) groups excluding carboxylic acids is 1. The molecule has 1 fully saturated rings. The molecule has 150 valence electrons. The van der Waals surface area contributed by atoms with Gasteiger partial charge in [0.1, 0.15) is 0 Å². The number of likely N-dealkylation sites (tertiary alicyclic amines) is 1. The van der Waals surface area contributed by atoms with E-state index in [0.717, 1.165) is 56.5 Å². The first-order valence-corrected chi connectivity index (χ1v) is 10.1. The summed E-state index contributed by atoms with van der Waals surface area (Å²) in [6.07, 6.45) is 10.4. The largest absolute Gasteiger partial charge is 0.389 e. The number of carbonyl (C=O) groups is 1. The zero-order valence-electron chi connectivity index (χ0n) is 16.2. The molecule has 0 spiro atoms. The average Bonchev–Trinajstić information content (AvgIpc) is 3.34. The molecule has 7 nitrogen and oxygen atoms in total. The Balaban J connectivity index is 1.37. The zero-order valence-corrected chi connectivity index (χ0v) is 16.2. The van der Waals surface area contributed by atoms with Gasteiger partial charge in [0.15, 0.2) is 5.82 Å². The van der Waals surface area contributed by atoms with E-state index in [1.54, 1.807) is 0 Å². The molecule has 2 aromatic rings. The third-order valence-corrected chi connectivity index (χ3v) is 5.16. The summed E-state index contributed by atoms with van der Waals surface area (Å²) in [5.41, 5.74) is 1.11. The molecular weight excluding hydrogens is 354 g/mol. The molecule has 1 saturated heterocycles. The van der Waals surface area contributed by atoms with Crippen molar-refractivity contribution in [3.05, 3.63) is 53.9 Å². The summed E-state index contributed by atoms with van der Waals surface area (Å²) in [7, 11) is 0. The van der Waals surface area contributed by atoms with Gasteiger partial charge in [-0.05, 0) is 24.8 Å². The normalized spacial score (nSPS) is 18.2. The van der Waals surface area contributed by atoms with Gasteiger partial charge < -0.3 is 10.0 Å². The lowest BCUT2D eigenvalue weighted by Crippen LogP contribution is -2.32. The highest BCUT2D eigenvalue weighted by Crippen LogP contribution is 2.21. The molecule has 3 rings (SSSR count). The third kappa shape index (κ3) is 6.27. The summed E-state index contributed by atoms with van der Waals surface area (Å²) in [6, 6.07) is 10.1. The summed E-state index contributed by atoms with van der Waals surface area (Å²) in [6.45, 7) is 0.783. The molecule has 7 heteroatoms. The van der Waals surface area contributed by atoms with Crippen LogP contribution in [0.1, 0.15) is 49.9 Å². The number of benzene rings is 1. The highest BCUT2D eigenvalue weighted by molar-refractivity contribution is 5.79. The van der Waals surface area contributed by atoms with Crippen LogP contribution in [0, 0.1) is 0 Å². The lowest BCUT2D eigenvalue weighted by molar-refractivity contribution is -0.128. The fourth-order valence-electron chi connectivity index (χ4n) is 3.63. The lowest BCUT2D eigenvalue weighted by Gasteiger charge is -2.22. The Morgan fingerprint density at radius 2 is 2.04 bits per heavy atom. The first-order valence-electron chi connectivity index (χ1n) is 10.1. The maximum Gasteiger partial charge on any atom is 0.223 e. The number of aliphatic hydroxyl groups excluding tert-OH is 1. The number of aromatic amines is 1. The van der Waals surface area contributed by atoms with Crippen molar-refractivity contribution in [2.45, 2.75) is 63.5 Å². The molecule has 1 amide bonds. The Labute approximate surface area is 165 Å². The number of hydrogen-bond acceptors (Lipinski definition) is 5. The molecule has 0 aliphatic carbocycles. The molecule has 28 heavy (non-hydrogen) atoms. The van der Waals surface area contributed by atoms with Gasteiger partial charge in [-0.1, -0.05) is 60.5 Å². The van der Waals surface area contributed by atoms with Crippen molar-refractivity contribution in [1.82, 2.24) is 25.5 Å². The van der Waals surface area contributed by atoms with E-state index in [0.29, 0.717) is 12.8 Å². The van der Waals surface area contributed by atoms with E-state index in [-0.39, 0.29) is 11.9 Å². The van der Waals surface area contributed by atoms with Gasteiger partial charge >= 0.3 is 0 Å². The maximum absolute atomic E-state index is 12.2. The first kappa shape index (κ1) is 20.2. The van der Waals surface area contributed by atoms with Crippen molar-refractivity contribution in [2.24, 2.45) is 0 Å². The van der Waals surface area contributed by atoms with Crippen LogP contribution in [0.15, 0.2) is 42.5 Å². The summed E-state index contributed by atoms with van der Waals surface area (Å²) in [5.74, 6) is 0.980. The smallest absolute Gasteiger partial charge is 0.223 e. The van der Waals surface area contributed by atoms with Gasteiger partial charge in [-0.25, -0.2) is 0 Å². The van der Waals surface area contributed by atoms with Gasteiger partial charge in [-0.15, -0.1) is 10.2 Å². The van der Waals surface area contributed by atoms with Gasteiger partial charge in [0.2, 0.25) is 5.91 Å². The van der Waals surface area contributed by atoms with Gasteiger partial charge in [0.05, 0.1) is 12.1 Å². The van der Waals surface area contributed by atoms with Crippen molar-refractivity contribution < 1.29 is 9.90 Å². The van der Waals surface area contributed by atoms with Crippen molar-refractivity contribution in [3.8, 4) is 0 Å². The molecule has 2 heterocycles. The Hall–Kier alpha value is -2.54. The van der Waals surface area contributed by atoms with E-state index in [4.69, 9.17) is 0 Å². The van der Waals surface area contributed by atoms with Crippen LogP contribution in [0.5, 0.6) is 0 Å². The zero-order chi connectivity index (χ0) is 19.6.